The smallest absolute Gasteiger partial charge is 0.226 e. The molecule has 0 aliphatic carbocycles. The molecule has 29 heavy (non-hydrogen) atoms. The fraction of sp³-hybridized carbons (Fsp3) is 0.217. The molecule has 146 valence electrons. The van der Waals surface area contributed by atoms with E-state index < -0.39 is 0 Å². The molecule has 0 spiro atoms. The van der Waals surface area contributed by atoms with Crippen LogP contribution in [-0.4, -0.2) is 26.5 Å². The molecule has 2 aromatic heterocycles. The first-order chi connectivity index (χ1) is 14.2. The second-order valence-corrected chi connectivity index (χ2v) is 7.08. The monoisotopic (exact) mass is 384 g/mol. The van der Waals surface area contributed by atoms with Gasteiger partial charge in [-0.05, 0) is 49.4 Å². The Balaban J connectivity index is 1.53. The Labute approximate surface area is 170 Å². The maximum atomic E-state index is 4.68. The van der Waals surface area contributed by atoms with Gasteiger partial charge in [-0.2, -0.15) is 9.97 Å². The molecular formula is C23H24N6. The van der Waals surface area contributed by atoms with Gasteiger partial charge < -0.3 is 10.6 Å². The van der Waals surface area contributed by atoms with Crippen molar-refractivity contribution in [3.63, 3.8) is 0 Å². The summed E-state index contributed by atoms with van der Waals surface area (Å²) in [6, 6.07) is 16.8. The predicted octanol–water partition coefficient (Wildman–Crippen LogP) is 4.82. The van der Waals surface area contributed by atoms with Crippen LogP contribution in [0.3, 0.4) is 0 Å². The van der Waals surface area contributed by atoms with E-state index in [0.717, 1.165) is 30.6 Å². The highest BCUT2D eigenvalue weighted by molar-refractivity contribution is 5.86. The number of nitrogens with zero attached hydrogens (tertiary/aromatic N) is 4. The summed E-state index contributed by atoms with van der Waals surface area (Å²) < 4.78 is 0. The average molecular weight is 384 g/mol. The Morgan fingerprint density at radius 3 is 2.59 bits per heavy atom. The number of anilines is 3. The quantitative estimate of drug-likeness (QED) is 0.445. The number of aromatic nitrogens is 4. The summed E-state index contributed by atoms with van der Waals surface area (Å²) in [5.74, 6) is 1.21. The minimum atomic E-state index is 0.555. The summed E-state index contributed by atoms with van der Waals surface area (Å²) in [7, 11) is 0. The molecule has 0 saturated heterocycles. The highest BCUT2D eigenvalue weighted by Gasteiger charge is 2.11. The number of hydrogen-bond donors (Lipinski definition) is 2. The van der Waals surface area contributed by atoms with E-state index in [1.807, 2.05) is 6.07 Å². The Hall–Kier alpha value is -3.54. The molecule has 4 aromatic rings. The van der Waals surface area contributed by atoms with Gasteiger partial charge >= 0.3 is 0 Å². The Morgan fingerprint density at radius 1 is 0.897 bits per heavy atom. The molecule has 0 unspecified atom stereocenters. The van der Waals surface area contributed by atoms with E-state index in [4.69, 9.17) is 0 Å². The predicted molar refractivity (Wildman–Crippen MR) is 118 cm³/mol. The Kier molecular flexibility index (Phi) is 5.61. The molecule has 0 bridgehead atoms. The highest BCUT2D eigenvalue weighted by Crippen LogP contribution is 2.25. The van der Waals surface area contributed by atoms with Crippen molar-refractivity contribution in [2.75, 3.05) is 17.2 Å². The van der Waals surface area contributed by atoms with Gasteiger partial charge in [0, 0.05) is 24.6 Å². The van der Waals surface area contributed by atoms with Crippen LogP contribution < -0.4 is 10.6 Å². The van der Waals surface area contributed by atoms with Crippen LogP contribution in [0.2, 0.25) is 0 Å². The van der Waals surface area contributed by atoms with Crippen LogP contribution in [0.25, 0.3) is 11.2 Å². The van der Waals surface area contributed by atoms with E-state index in [0.29, 0.717) is 22.9 Å². The molecule has 2 heterocycles. The zero-order valence-corrected chi connectivity index (χ0v) is 16.7. The second kappa shape index (κ2) is 8.65. The molecule has 0 atom stereocenters. The zero-order chi connectivity index (χ0) is 20.1. The van der Waals surface area contributed by atoms with Gasteiger partial charge in [0.1, 0.15) is 0 Å². The summed E-state index contributed by atoms with van der Waals surface area (Å²) in [5.41, 5.74) is 5.89. The molecular weight excluding hydrogens is 360 g/mol. The van der Waals surface area contributed by atoms with Crippen molar-refractivity contribution in [1.82, 2.24) is 19.9 Å². The molecule has 6 heteroatoms. The van der Waals surface area contributed by atoms with E-state index in [1.54, 1.807) is 12.4 Å². The van der Waals surface area contributed by atoms with Crippen molar-refractivity contribution in [1.29, 1.82) is 0 Å². The normalized spacial score (nSPS) is 10.8. The first-order valence-corrected chi connectivity index (χ1v) is 9.80. The number of rotatable bonds is 7. The van der Waals surface area contributed by atoms with Crippen LogP contribution >= 0.6 is 0 Å². The number of aryl methyl sites for hydroxylation is 3. The van der Waals surface area contributed by atoms with E-state index in [2.05, 4.69) is 86.9 Å². The van der Waals surface area contributed by atoms with E-state index in [-0.39, 0.29) is 0 Å². The van der Waals surface area contributed by atoms with Gasteiger partial charge in [-0.25, -0.2) is 9.97 Å². The van der Waals surface area contributed by atoms with Crippen LogP contribution in [0, 0.1) is 13.8 Å². The Bertz CT molecular complexity index is 1110. The van der Waals surface area contributed by atoms with Crippen LogP contribution in [0.4, 0.5) is 17.5 Å². The van der Waals surface area contributed by atoms with Gasteiger partial charge in [0.05, 0.1) is 0 Å². The lowest BCUT2D eigenvalue weighted by molar-refractivity contribution is 0.854. The standard InChI is InChI=1S/C23H24N6/c1-16-10-11-17(2)19(15-16)27-22-20-21(25-14-13-24-20)28-23(29-22)26-12-6-9-18-7-4-3-5-8-18/h3-5,7-8,10-11,13-15H,6,9,12H2,1-2H3,(H2,25,26,27,28,29). The van der Waals surface area contributed by atoms with Gasteiger partial charge in [0.2, 0.25) is 5.95 Å². The maximum Gasteiger partial charge on any atom is 0.226 e. The summed E-state index contributed by atoms with van der Waals surface area (Å²) >= 11 is 0. The van der Waals surface area contributed by atoms with Gasteiger partial charge in [0.25, 0.3) is 0 Å². The highest BCUT2D eigenvalue weighted by atomic mass is 15.2. The summed E-state index contributed by atoms with van der Waals surface area (Å²) in [4.78, 5) is 18.0. The zero-order valence-electron chi connectivity index (χ0n) is 16.7. The van der Waals surface area contributed by atoms with Gasteiger partial charge in [0.15, 0.2) is 17.0 Å². The fourth-order valence-corrected chi connectivity index (χ4v) is 3.17. The van der Waals surface area contributed by atoms with Gasteiger partial charge in [-0.1, -0.05) is 42.5 Å². The number of hydrogen-bond acceptors (Lipinski definition) is 6. The van der Waals surface area contributed by atoms with Crippen molar-refractivity contribution in [2.24, 2.45) is 0 Å². The van der Waals surface area contributed by atoms with Gasteiger partial charge in [-0.15, -0.1) is 0 Å². The molecule has 0 aliphatic rings. The third kappa shape index (κ3) is 4.66. The lowest BCUT2D eigenvalue weighted by Gasteiger charge is -2.13. The fourth-order valence-electron chi connectivity index (χ4n) is 3.17. The molecule has 0 aliphatic heterocycles. The molecule has 0 saturated carbocycles. The van der Waals surface area contributed by atoms with Crippen molar-refractivity contribution in [3.05, 3.63) is 77.6 Å². The van der Waals surface area contributed by atoms with Gasteiger partial charge in [-0.3, -0.25) is 0 Å². The minimum absolute atomic E-state index is 0.555. The van der Waals surface area contributed by atoms with E-state index in [1.165, 1.54) is 11.1 Å². The molecule has 0 amide bonds. The van der Waals surface area contributed by atoms with Crippen molar-refractivity contribution < 1.29 is 0 Å². The topological polar surface area (TPSA) is 75.6 Å². The average Bonchev–Trinajstić information content (AvgIpc) is 2.75. The van der Waals surface area contributed by atoms with Crippen LogP contribution in [0.15, 0.2) is 60.9 Å². The van der Waals surface area contributed by atoms with Crippen LogP contribution in [-0.2, 0) is 6.42 Å². The minimum Gasteiger partial charge on any atom is -0.354 e. The van der Waals surface area contributed by atoms with Crippen LogP contribution in [0.1, 0.15) is 23.1 Å². The second-order valence-electron chi connectivity index (χ2n) is 7.08. The number of fused-ring (bicyclic) bond motifs is 1. The molecule has 0 radical (unpaired) electrons. The SMILES string of the molecule is Cc1ccc(C)c(Nc2nc(NCCCc3ccccc3)nc3nccnc23)c1. The lowest BCUT2D eigenvalue weighted by Crippen LogP contribution is -2.09. The summed E-state index contributed by atoms with van der Waals surface area (Å²) in [6.45, 7) is 4.92. The van der Waals surface area contributed by atoms with Crippen molar-refractivity contribution in [3.8, 4) is 0 Å². The summed E-state index contributed by atoms with van der Waals surface area (Å²) in [6.07, 6.45) is 5.31. The Morgan fingerprint density at radius 2 is 1.72 bits per heavy atom. The van der Waals surface area contributed by atoms with Crippen LogP contribution in [0.5, 0.6) is 0 Å². The van der Waals surface area contributed by atoms with E-state index >= 15 is 0 Å². The summed E-state index contributed by atoms with van der Waals surface area (Å²) in [5, 5.41) is 6.75. The first-order valence-electron chi connectivity index (χ1n) is 9.80. The first kappa shape index (κ1) is 18.8. The maximum absolute atomic E-state index is 4.68. The third-order valence-electron chi connectivity index (χ3n) is 4.75. The molecule has 2 aromatic carbocycles. The van der Waals surface area contributed by atoms with Crippen molar-refractivity contribution >= 4 is 28.6 Å². The van der Waals surface area contributed by atoms with E-state index in [9.17, 15) is 0 Å². The lowest BCUT2D eigenvalue weighted by atomic mass is 10.1. The third-order valence-corrected chi connectivity index (χ3v) is 4.75. The number of benzene rings is 2. The number of nitrogens with one attached hydrogen (secondary N) is 2. The molecule has 4 rings (SSSR count). The largest absolute Gasteiger partial charge is 0.354 e. The molecule has 2 N–H and O–H groups in total. The molecule has 6 nitrogen and oxygen atoms in total. The molecule has 0 fully saturated rings. The van der Waals surface area contributed by atoms with Crippen molar-refractivity contribution in [2.45, 2.75) is 26.7 Å².